The summed E-state index contributed by atoms with van der Waals surface area (Å²) in [6.45, 7) is 4.42. The first-order chi connectivity index (χ1) is 7.54. The van der Waals surface area contributed by atoms with E-state index >= 15 is 0 Å². The second kappa shape index (κ2) is 6.01. The zero-order valence-corrected chi connectivity index (χ0v) is 11.2. The second-order valence-corrected chi connectivity index (χ2v) is 4.79. The molecule has 1 rings (SSSR count). The molecule has 3 nitrogen and oxygen atoms in total. The first kappa shape index (κ1) is 13.2. The zero-order valence-electron chi connectivity index (χ0n) is 9.59. The van der Waals surface area contributed by atoms with Crippen LogP contribution in [0.1, 0.15) is 18.9 Å². The standard InChI is InChI=1S/C12H17BrN2O/c1-8-3-4-10(7-11(8)13)15-12(16)9(2)5-6-14/h3-4,7,9H,5-6,14H2,1-2H3,(H,15,16). The number of aryl methyl sites for hydroxylation is 1. The smallest absolute Gasteiger partial charge is 0.227 e. The third-order valence-electron chi connectivity index (χ3n) is 2.49. The number of carbonyl (C=O) groups excluding carboxylic acids is 1. The van der Waals surface area contributed by atoms with Gasteiger partial charge in [0.15, 0.2) is 0 Å². The number of nitrogens with one attached hydrogen (secondary N) is 1. The lowest BCUT2D eigenvalue weighted by molar-refractivity contribution is -0.119. The maximum absolute atomic E-state index is 11.7. The van der Waals surface area contributed by atoms with Crippen molar-refractivity contribution in [1.82, 2.24) is 0 Å². The Balaban J connectivity index is 2.66. The molecule has 1 aromatic carbocycles. The molecule has 16 heavy (non-hydrogen) atoms. The number of carbonyl (C=O) groups is 1. The second-order valence-electron chi connectivity index (χ2n) is 3.93. The van der Waals surface area contributed by atoms with Crippen LogP contribution in [0.25, 0.3) is 0 Å². The maximum atomic E-state index is 11.7. The maximum Gasteiger partial charge on any atom is 0.227 e. The predicted molar refractivity (Wildman–Crippen MR) is 70.3 cm³/mol. The summed E-state index contributed by atoms with van der Waals surface area (Å²) in [7, 11) is 0. The number of benzene rings is 1. The van der Waals surface area contributed by atoms with Crippen molar-refractivity contribution in [3.63, 3.8) is 0 Å². The largest absolute Gasteiger partial charge is 0.330 e. The van der Waals surface area contributed by atoms with E-state index in [0.717, 1.165) is 15.7 Å². The molecule has 0 aliphatic heterocycles. The monoisotopic (exact) mass is 284 g/mol. The molecule has 0 aromatic heterocycles. The number of hydrogen-bond acceptors (Lipinski definition) is 2. The van der Waals surface area contributed by atoms with Crippen molar-refractivity contribution < 1.29 is 4.79 Å². The Bertz CT molecular complexity index is 379. The molecular formula is C12H17BrN2O. The number of amides is 1. The Morgan fingerprint density at radius 3 is 2.81 bits per heavy atom. The molecular weight excluding hydrogens is 268 g/mol. The summed E-state index contributed by atoms with van der Waals surface area (Å²) in [4.78, 5) is 11.7. The van der Waals surface area contributed by atoms with Crippen LogP contribution in [0.2, 0.25) is 0 Å². The molecule has 0 bridgehead atoms. The van der Waals surface area contributed by atoms with Crippen LogP contribution in [-0.2, 0) is 4.79 Å². The molecule has 88 valence electrons. The Morgan fingerprint density at radius 1 is 1.56 bits per heavy atom. The van der Waals surface area contributed by atoms with Crippen LogP contribution in [0.3, 0.4) is 0 Å². The molecule has 0 aliphatic carbocycles. The predicted octanol–water partition coefficient (Wildman–Crippen LogP) is 2.68. The highest BCUT2D eigenvalue weighted by Crippen LogP contribution is 2.21. The molecule has 0 spiro atoms. The molecule has 0 fully saturated rings. The lowest BCUT2D eigenvalue weighted by atomic mass is 10.1. The van der Waals surface area contributed by atoms with Gasteiger partial charge in [0.2, 0.25) is 5.91 Å². The summed E-state index contributed by atoms with van der Waals surface area (Å²) in [6.07, 6.45) is 0.707. The Hall–Kier alpha value is -0.870. The fraction of sp³-hybridized carbons (Fsp3) is 0.417. The average Bonchev–Trinajstić information content (AvgIpc) is 2.24. The summed E-state index contributed by atoms with van der Waals surface area (Å²) < 4.78 is 0.997. The van der Waals surface area contributed by atoms with Gasteiger partial charge in [-0.2, -0.15) is 0 Å². The van der Waals surface area contributed by atoms with Gasteiger partial charge in [0, 0.05) is 16.1 Å². The van der Waals surface area contributed by atoms with Crippen LogP contribution in [0, 0.1) is 12.8 Å². The van der Waals surface area contributed by atoms with Gasteiger partial charge in [0.1, 0.15) is 0 Å². The number of hydrogen-bond donors (Lipinski definition) is 2. The molecule has 1 amide bonds. The molecule has 1 aromatic rings. The first-order valence-electron chi connectivity index (χ1n) is 5.31. The van der Waals surface area contributed by atoms with Crippen molar-refractivity contribution in [3.05, 3.63) is 28.2 Å². The van der Waals surface area contributed by atoms with E-state index in [-0.39, 0.29) is 11.8 Å². The molecule has 0 saturated heterocycles. The van der Waals surface area contributed by atoms with Gasteiger partial charge in [-0.15, -0.1) is 0 Å². The van der Waals surface area contributed by atoms with Crippen LogP contribution in [0.15, 0.2) is 22.7 Å². The van der Waals surface area contributed by atoms with E-state index in [4.69, 9.17) is 5.73 Å². The minimum atomic E-state index is -0.0509. The first-order valence-corrected chi connectivity index (χ1v) is 6.11. The van der Waals surface area contributed by atoms with Gasteiger partial charge in [0.25, 0.3) is 0 Å². The number of rotatable bonds is 4. The van der Waals surface area contributed by atoms with Crippen molar-refractivity contribution in [2.45, 2.75) is 20.3 Å². The van der Waals surface area contributed by atoms with Crippen LogP contribution in [-0.4, -0.2) is 12.5 Å². The molecule has 0 heterocycles. The Morgan fingerprint density at radius 2 is 2.25 bits per heavy atom. The Kier molecular flexibility index (Phi) is 4.96. The quantitative estimate of drug-likeness (QED) is 0.893. The van der Waals surface area contributed by atoms with E-state index in [1.165, 1.54) is 0 Å². The Labute approximate surface area is 105 Å². The summed E-state index contributed by atoms with van der Waals surface area (Å²) in [5, 5.41) is 2.87. The highest BCUT2D eigenvalue weighted by atomic mass is 79.9. The average molecular weight is 285 g/mol. The van der Waals surface area contributed by atoms with Crippen LogP contribution >= 0.6 is 15.9 Å². The third-order valence-corrected chi connectivity index (χ3v) is 3.34. The van der Waals surface area contributed by atoms with E-state index in [2.05, 4.69) is 21.2 Å². The van der Waals surface area contributed by atoms with E-state index in [9.17, 15) is 4.79 Å². The van der Waals surface area contributed by atoms with Crippen LogP contribution < -0.4 is 11.1 Å². The van der Waals surface area contributed by atoms with Gasteiger partial charge in [-0.1, -0.05) is 28.9 Å². The third kappa shape index (κ3) is 3.61. The lowest BCUT2D eigenvalue weighted by Gasteiger charge is -2.11. The van der Waals surface area contributed by atoms with Crippen LogP contribution in [0.4, 0.5) is 5.69 Å². The summed E-state index contributed by atoms with van der Waals surface area (Å²) in [5.41, 5.74) is 7.37. The SMILES string of the molecule is Cc1ccc(NC(=O)C(C)CCN)cc1Br. The highest BCUT2D eigenvalue weighted by molar-refractivity contribution is 9.10. The van der Waals surface area contributed by atoms with Gasteiger partial charge in [-0.05, 0) is 37.6 Å². The van der Waals surface area contributed by atoms with Gasteiger partial charge >= 0.3 is 0 Å². The van der Waals surface area contributed by atoms with Crippen molar-refractivity contribution in [2.24, 2.45) is 11.7 Å². The van der Waals surface area contributed by atoms with Gasteiger partial charge in [-0.25, -0.2) is 0 Å². The van der Waals surface area contributed by atoms with Crippen molar-refractivity contribution in [2.75, 3.05) is 11.9 Å². The van der Waals surface area contributed by atoms with Gasteiger partial charge in [-0.3, -0.25) is 4.79 Å². The topological polar surface area (TPSA) is 55.1 Å². The minimum absolute atomic E-state index is 0.0150. The van der Waals surface area contributed by atoms with E-state index < -0.39 is 0 Å². The molecule has 3 N–H and O–H groups in total. The van der Waals surface area contributed by atoms with Crippen molar-refractivity contribution >= 4 is 27.5 Å². The number of halogens is 1. The molecule has 1 atom stereocenters. The molecule has 4 heteroatoms. The van der Waals surface area contributed by atoms with E-state index in [1.807, 2.05) is 32.0 Å². The normalized spacial score (nSPS) is 12.2. The molecule has 0 aliphatic rings. The number of anilines is 1. The summed E-state index contributed by atoms with van der Waals surface area (Å²) >= 11 is 3.43. The fourth-order valence-corrected chi connectivity index (χ4v) is 1.70. The lowest BCUT2D eigenvalue weighted by Crippen LogP contribution is -2.22. The van der Waals surface area contributed by atoms with Crippen LogP contribution in [0.5, 0.6) is 0 Å². The van der Waals surface area contributed by atoms with Gasteiger partial charge < -0.3 is 11.1 Å². The van der Waals surface area contributed by atoms with E-state index in [1.54, 1.807) is 0 Å². The molecule has 0 radical (unpaired) electrons. The van der Waals surface area contributed by atoms with Crippen molar-refractivity contribution in [3.8, 4) is 0 Å². The van der Waals surface area contributed by atoms with Gasteiger partial charge in [0.05, 0.1) is 0 Å². The van der Waals surface area contributed by atoms with E-state index in [0.29, 0.717) is 13.0 Å². The molecule has 1 unspecified atom stereocenters. The van der Waals surface area contributed by atoms with Crippen molar-refractivity contribution in [1.29, 1.82) is 0 Å². The fourth-order valence-electron chi connectivity index (χ4n) is 1.32. The highest BCUT2D eigenvalue weighted by Gasteiger charge is 2.12. The summed E-state index contributed by atoms with van der Waals surface area (Å²) in [5.74, 6) is -0.0359. The summed E-state index contributed by atoms with van der Waals surface area (Å²) in [6, 6.07) is 5.77. The number of nitrogens with two attached hydrogens (primary N) is 1. The zero-order chi connectivity index (χ0) is 12.1. The minimum Gasteiger partial charge on any atom is -0.330 e. The molecule has 0 saturated carbocycles.